The van der Waals surface area contributed by atoms with E-state index in [4.69, 9.17) is 4.43 Å². The highest BCUT2D eigenvalue weighted by Crippen LogP contribution is 2.25. The lowest BCUT2D eigenvalue weighted by molar-refractivity contribution is 0.233. The van der Waals surface area contributed by atoms with Crippen molar-refractivity contribution in [2.45, 2.75) is 52.5 Å². The summed E-state index contributed by atoms with van der Waals surface area (Å²) in [6.07, 6.45) is 4.96. The van der Waals surface area contributed by atoms with E-state index in [0.29, 0.717) is 5.41 Å². The van der Waals surface area contributed by atoms with Gasteiger partial charge < -0.3 is 4.43 Å². The third-order valence-corrected chi connectivity index (χ3v) is 4.71. The van der Waals surface area contributed by atoms with Crippen LogP contribution in [0.15, 0.2) is 30.3 Å². The molecular weight excluding hydrogens is 236 g/mol. The van der Waals surface area contributed by atoms with E-state index in [0.717, 1.165) is 13.0 Å². The van der Waals surface area contributed by atoms with Crippen LogP contribution >= 0.6 is 0 Å². The van der Waals surface area contributed by atoms with Gasteiger partial charge in [-0.1, -0.05) is 63.9 Å². The zero-order chi connectivity index (χ0) is 13.3. The van der Waals surface area contributed by atoms with Crippen molar-refractivity contribution in [3.8, 4) is 0 Å². The second kappa shape index (κ2) is 8.49. The van der Waals surface area contributed by atoms with Gasteiger partial charge in [0.1, 0.15) is 0 Å². The van der Waals surface area contributed by atoms with Gasteiger partial charge >= 0.3 is 0 Å². The molecule has 0 spiro atoms. The summed E-state index contributed by atoms with van der Waals surface area (Å²) in [5, 5.41) is 0. The fraction of sp³-hybridized carbons (Fsp3) is 0.625. The summed E-state index contributed by atoms with van der Waals surface area (Å²) in [5.41, 5.74) is 1.78. The standard InChI is InChI=1S/C16H28OSi/c1-4-5-13-18-17-12-11-16(2,3)14-15-9-7-6-8-10-15/h6-10H,4-5,11-14,18H2,1-3H3. The molecule has 0 aliphatic heterocycles. The monoisotopic (exact) mass is 264 g/mol. The molecule has 18 heavy (non-hydrogen) atoms. The van der Waals surface area contributed by atoms with E-state index < -0.39 is 0 Å². The maximum absolute atomic E-state index is 5.85. The highest BCUT2D eigenvalue weighted by atomic mass is 28.2. The Morgan fingerprint density at radius 2 is 1.89 bits per heavy atom. The minimum absolute atomic E-state index is 0.239. The molecule has 0 saturated heterocycles. The average Bonchev–Trinajstić information content (AvgIpc) is 2.34. The maximum Gasteiger partial charge on any atom is 0.161 e. The first-order chi connectivity index (χ1) is 8.64. The summed E-state index contributed by atoms with van der Waals surface area (Å²) in [6, 6.07) is 12.1. The largest absolute Gasteiger partial charge is 0.424 e. The van der Waals surface area contributed by atoms with Crippen LogP contribution in [0.4, 0.5) is 0 Å². The topological polar surface area (TPSA) is 9.23 Å². The predicted octanol–water partition coefficient (Wildman–Crippen LogP) is 3.96. The van der Waals surface area contributed by atoms with Crippen LogP contribution in [0.2, 0.25) is 6.04 Å². The zero-order valence-electron chi connectivity index (χ0n) is 12.2. The summed E-state index contributed by atoms with van der Waals surface area (Å²) in [6.45, 7) is 7.89. The summed E-state index contributed by atoms with van der Waals surface area (Å²) in [4.78, 5) is 0. The second-order valence-electron chi connectivity index (χ2n) is 5.90. The van der Waals surface area contributed by atoms with Crippen LogP contribution < -0.4 is 0 Å². The van der Waals surface area contributed by atoms with Gasteiger partial charge in [-0.2, -0.15) is 0 Å². The molecule has 1 rings (SSSR count). The molecule has 0 unspecified atom stereocenters. The Morgan fingerprint density at radius 3 is 2.56 bits per heavy atom. The van der Waals surface area contributed by atoms with E-state index in [1.54, 1.807) is 0 Å². The Bertz CT molecular complexity index is 308. The third-order valence-electron chi connectivity index (χ3n) is 3.34. The van der Waals surface area contributed by atoms with Crippen molar-refractivity contribution in [3.05, 3.63) is 35.9 Å². The molecule has 0 aliphatic rings. The van der Waals surface area contributed by atoms with E-state index in [9.17, 15) is 0 Å². The van der Waals surface area contributed by atoms with E-state index in [2.05, 4.69) is 51.1 Å². The number of benzene rings is 1. The number of hydrogen-bond donors (Lipinski definition) is 0. The van der Waals surface area contributed by atoms with Gasteiger partial charge in [-0.15, -0.1) is 0 Å². The van der Waals surface area contributed by atoms with Gasteiger partial charge in [0.05, 0.1) is 0 Å². The molecule has 0 N–H and O–H groups in total. The molecule has 2 heteroatoms. The fourth-order valence-corrected chi connectivity index (χ4v) is 3.40. The fourth-order valence-electron chi connectivity index (χ4n) is 2.14. The second-order valence-corrected chi connectivity index (χ2v) is 7.42. The summed E-state index contributed by atoms with van der Waals surface area (Å²) >= 11 is 0. The minimum atomic E-state index is -0.239. The molecule has 0 amide bonds. The molecule has 102 valence electrons. The molecule has 0 bridgehead atoms. The van der Waals surface area contributed by atoms with Crippen LogP contribution in [0.3, 0.4) is 0 Å². The van der Waals surface area contributed by atoms with Crippen molar-refractivity contribution in [1.82, 2.24) is 0 Å². The molecule has 0 saturated carbocycles. The van der Waals surface area contributed by atoms with Crippen LogP contribution in [0.1, 0.15) is 45.6 Å². The van der Waals surface area contributed by atoms with Gasteiger partial charge in [0, 0.05) is 6.61 Å². The molecule has 1 aromatic carbocycles. The van der Waals surface area contributed by atoms with Crippen molar-refractivity contribution in [2.75, 3.05) is 6.61 Å². The van der Waals surface area contributed by atoms with Crippen LogP contribution in [-0.4, -0.2) is 16.4 Å². The molecule has 0 atom stereocenters. The SMILES string of the molecule is CCCC[SiH2]OCCC(C)(C)Cc1ccccc1. The van der Waals surface area contributed by atoms with Crippen molar-refractivity contribution < 1.29 is 4.43 Å². The first-order valence-electron chi connectivity index (χ1n) is 7.26. The summed E-state index contributed by atoms with van der Waals surface area (Å²) in [7, 11) is -0.239. The molecule has 0 aromatic heterocycles. The van der Waals surface area contributed by atoms with Crippen LogP contribution in [-0.2, 0) is 10.8 Å². The summed E-state index contributed by atoms with van der Waals surface area (Å²) in [5.74, 6) is 0. The van der Waals surface area contributed by atoms with Gasteiger partial charge in [0.25, 0.3) is 0 Å². The maximum atomic E-state index is 5.85. The van der Waals surface area contributed by atoms with Crippen molar-refractivity contribution in [2.24, 2.45) is 5.41 Å². The first-order valence-corrected chi connectivity index (χ1v) is 8.83. The van der Waals surface area contributed by atoms with Crippen molar-refractivity contribution >= 4 is 9.76 Å². The van der Waals surface area contributed by atoms with Crippen LogP contribution in [0.25, 0.3) is 0 Å². The van der Waals surface area contributed by atoms with Gasteiger partial charge in [-0.3, -0.25) is 0 Å². The molecule has 0 heterocycles. The predicted molar refractivity (Wildman–Crippen MR) is 82.8 cm³/mol. The van der Waals surface area contributed by atoms with Gasteiger partial charge in [-0.05, 0) is 29.9 Å². The molecule has 1 nitrogen and oxygen atoms in total. The number of hydrogen-bond acceptors (Lipinski definition) is 1. The van der Waals surface area contributed by atoms with Crippen molar-refractivity contribution in [3.63, 3.8) is 0 Å². The zero-order valence-corrected chi connectivity index (χ0v) is 13.7. The third kappa shape index (κ3) is 6.97. The normalized spacial score (nSPS) is 12.4. The molecule has 0 aliphatic carbocycles. The Labute approximate surface area is 115 Å². The van der Waals surface area contributed by atoms with E-state index >= 15 is 0 Å². The molecular formula is C16H28OSi. The van der Waals surface area contributed by atoms with Crippen LogP contribution in [0, 0.1) is 5.41 Å². The quantitative estimate of drug-likeness (QED) is 0.484. The Morgan fingerprint density at radius 1 is 1.17 bits per heavy atom. The van der Waals surface area contributed by atoms with Gasteiger partial charge in [0.15, 0.2) is 9.76 Å². The van der Waals surface area contributed by atoms with E-state index in [-0.39, 0.29) is 9.76 Å². The van der Waals surface area contributed by atoms with Gasteiger partial charge in [-0.25, -0.2) is 0 Å². The Hall–Kier alpha value is -0.603. The average molecular weight is 264 g/mol. The molecule has 0 fully saturated rings. The van der Waals surface area contributed by atoms with Gasteiger partial charge in [0.2, 0.25) is 0 Å². The lowest BCUT2D eigenvalue weighted by Crippen LogP contribution is -2.18. The molecule has 1 aromatic rings. The number of rotatable bonds is 9. The highest BCUT2D eigenvalue weighted by molar-refractivity contribution is 6.26. The summed E-state index contributed by atoms with van der Waals surface area (Å²) < 4.78 is 5.85. The minimum Gasteiger partial charge on any atom is -0.424 e. The Balaban J connectivity index is 2.19. The number of unbranched alkanes of at least 4 members (excludes halogenated alkanes) is 1. The first kappa shape index (κ1) is 15.5. The lowest BCUT2D eigenvalue weighted by atomic mass is 9.83. The smallest absolute Gasteiger partial charge is 0.161 e. The Kier molecular flexibility index (Phi) is 7.29. The highest BCUT2D eigenvalue weighted by Gasteiger charge is 2.17. The van der Waals surface area contributed by atoms with E-state index in [1.807, 2.05) is 0 Å². The van der Waals surface area contributed by atoms with Crippen LogP contribution in [0.5, 0.6) is 0 Å². The van der Waals surface area contributed by atoms with Crippen molar-refractivity contribution in [1.29, 1.82) is 0 Å². The van der Waals surface area contributed by atoms with E-state index in [1.165, 1.54) is 30.9 Å². The lowest BCUT2D eigenvalue weighted by Gasteiger charge is -2.24. The molecule has 0 radical (unpaired) electrons.